The lowest BCUT2D eigenvalue weighted by Crippen LogP contribution is -2.28. The Bertz CT molecular complexity index is 400. The van der Waals surface area contributed by atoms with Gasteiger partial charge in [-0.3, -0.25) is 0 Å². The number of aliphatic hydroxyl groups excluding tert-OH is 1. The van der Waals surface area contributed by atoms with E-state index in [-0.39, 0.29) is 6.10 Å². The molecule has 0 aromatic heterocycles. The highest BCUT2D eigenvalue weighted by Crippen LogP contribution is 2.24. The van der Waals surface area contributed by atoms with Crippen molar-refractivity contribution in [3.05, 3.63) is 23.8 Å². The number of hydrogen-bond acceptors (Lipinski definition) is 4. The molecule has 2 unspecified atom stereocenters. The Morgan fingerprint density at radius 2 is 1.85 bits per heavy atom. The Labute approximate surface area is 121 Å². The van der Waals surface area contributed by atoms with Crippen molar-refractivity contribution in [1.82, 2.24) is 5.32 Å². The molecule has 1 aromatic carbocycles. The average Bonchev–Trinajstić information content (AvgIpc) is 2.47. The monoisotopic (exact) mass is 279 g/mol. The van der Waals surface area contributed by atoms with Crippen molar-refractivity contribution in [2.45, 2.75) is 38.3 Å². The lowest BCUT2D eigenvalue weighted by Gasteiger charge is -2.26. The van der Waals surface area contributed by atoms with Gasteiger partial charge in [-0.2, -0.15) is 0 Å². The van der Waals surface area contributed by atoms with E-state index in [9.17, 15) is 5.11 Å². The van der Waals surface area contributed by atoms with E-state index in [2.05, 4.69) is 5.32 Å². The van der Waals surface area contributed by atoms with Gasteiger partial charge >= 0.3 is 0 Å². The molecule has 1 aliphatic carbocycles. The molecule has 0 bridgehead atoms. The van der Waals surface area contributed by atoms with Crippen molar-refractivity contribution >= 4 is 0 Å². The molecule has 0 radical (unpaired) electrons. The van der Waals surface area contributed by atoms with Gasteiger partial charge in [-0.1, -0.05) is 6.42 Å². The van der Waals surface area contributed by atoms with Crippen LogP contribution in [0.5, 0.6) is 11.5 Å². The zero-order valence-electron chi connectivity index (χ0n) is 12.4. The Balaban J connectivity index is 1.84. The van der Waals surface area contributed by atoms with Gasteiger partial charge in [0.1, 0.15) is 11.5 Å². The van der Waals surface area contributed by atoms with Gasteiger partial charge in [0.2, 0.25) is 0 Å². The topological polar surface area (TPSA) is 50.7 Å². The SMILES string of the molecule is COc1cc(CNCC2CCCC(O)C2)cc(OC)c1. The number of rotatable bonds is 6. The van der Waals surface area contributed by atoms with Gasteiger partial charge in [0.25, 0.3) is 0 Å². The number of hydrogen-bond donors (Lipinski definition) is 2. The fourth-order valence-electron chi connectivity index (χ4n) is 2.84. The van der Waals surface area contributed by atoms with Gasteiger partial charge < -0.3 is 19.9 Å². The number of methoxy groups -OCH3 is 2. The van der Waals surface area contributed by atoms with Crippen LogP contribution in [0.2, 0.25) is 0 Å². The summed E-state index contributed by atoms with van der Waals surface area (Å²) in [5.41, 5.74) is 1.15. The third-order valence-electron chi connectivity index (χ3n) is 3.93. The van der Waals surface area contributed by atoms with Crippen LogP contribution in [-0.2, 0) is 6.54 Å². The van der Waals surface area contributed by atoms with Gasteiger partial charge in [-0.15, -0.1) is 0 Å². The predicted octanol–water partition coefficient (Wildman–Crippen LogP) is 2.34. The predicted molar refractivity (Wildman–Crippen MR) is 79.2 cm³/mol. The van der Waals surface area contributed by atoms with E-state index in [0.717, 1.165) is 49.4 Å². The van der Waals surface area contributed by atoms with Crippen molar-refractivity contribution in [2.75, 3.05) is 20.8 Å². The molecule has 4 nitrogen and oxygen atoms in total. The van der Waals surface area contributed by atoms with Crippen molar-refractivity contribution < 1.29 is 14.6 Å². The molecule has 1 saturated carbocycles. The summed E-state index contributed by atoms with van der Waals surface area (Å²) in [6.07, 6.45) is 4.14. The Kier molecular flexibility index (Phi) is 5.68. The highest BCUT2D eigenvalue weighted by atomic mass is 16.5. The van der Waals surface area contributed by atoms with E-state index >= 15 is 0 Å². The quantitative estimate of drug-likeness (QED) is 0.839. The van der Waals surface area contributed by atoms with E-state index in [1.165, 1.54) is 6.42 Å². The first-order valence-corrected chi connectivity index (χ1v) is 7.32. The Morgan fingerprint density at radius 1 is 1.15 bits per heavy atom. The second-order valence-electron chi connectivity index (χ2n) is 5.54. The van der Waals surface area contributed by atoms with Crippen molar-refractivity contribution in [3.63, 3.8) is 0 Å². The summed E-state index contributed by atoms with van der Waals surface area (Å²) in [6, 6.07) is 5.91. The zero-order valence-corrected chi connectivity index (χ0v) is 12.4. The van der Waals surface area contributed by atoms with E-state index in [1.54, 1.807) is 14.2 Å². The van der Waals surface area contributed by atoms with E-state index < -0.39 is 0 Å². The first-order chi connectivity index (χ1) is 9.71. The van der Waals surface area contributed by atoms with Crippen molar-refractivity contribution in [3.8, 4) is 11.5 Å². The molecule has 0 saturated heterocycles. The molecule has 0 spiro atoms. The fourth-order valence-corrected chi connectivity index (χ4v) is 2.84. The van der Waals surface area contributed by atoms with Crippen LogP contribution in [-0.4, -0.2) is 32.0 Å². The highest BCUT2D eigenvalue weighted by Gasteiger charge is 2.19. The standard InChI is InChI=1S/C16H25NO3/c1-19-15-7-13(8-16(9-15)20-2)11-17-10-12-4-3-5-14(18)6-12/h7-9,12,14,17-18H,3-6,10-11H2,1-2H3. The minimum atomic E-state index is -0.104. The molecule has 0 aliphatic heterocycles. The van der Waals surface area contributed by atoms with E-state index in [4.69, 9.17) is 9.47 Å². The normalized spacial score (nSPS) is 22.6. The van der Waals surface area contributed by atoms with Crippen molar-refractivity contribution in [1.29, 1.82) is 0 Å². The molecule has 2 atom stereocenters. The van der Waals surface area contributed by atoms with Crippen LogP contribution in [0.4, 0.5) is 0 Å². The minimum Gasteiger partial charge on any atom is -0.497 e. The average molecular weight is 279 g/mol. The van der Waals surface area contributed by atoms with Crippen LogP contribution >= 0.6 is 0 Å². The molecular formula is C16H25NO3. The van der Waals surface area contributed by atoms with Gasteiger partial charge in [-0.25, -0.2) is 0 Å². The van der Waals surface area contributed by atoms with Crippen LogP contribution in [0.15, 0.2) is 18.2 Å². The summed E-state index contributed by atoms with van der Waals surface area (Å²) < 4.78 is 10.5. The summed E-state index contributed by atoms with van der Waals surface area (Å²) in [6.45, 7) is 1.75. The van der Waals surface area contributed by atoms with Crippen molar-refractivity contribution in [2.24, 2.45) is 5.92 Å². The summed E-state index contributed by atoms with van der Waals surface area (Å²) >= 11 is 0. The maximum Gasteiger partial charge on any atom is 0.122 e. The van der Waals surface area contributed by atoms with Crippen LogP contribution < -0.4 is 14.8 Å². The summed E-state index contributed by atoms with van der Waals surface area (Å²) in [5, 5.41) is 13.1. The number of benzene rings is 1. The summed E-state index contributed by atoms with van der Waals surface area (Å²) in [7, 11) is 3.32. The second kappa shape index (κ2) is 7.50. The molecule has 1 aromatic rings. The van der Waals surface area contributed by atoms with Crippen LogP contribution in [0.25, 0.3) is 0 Å². The first-order valence-electron chi connectivity index (χ1n) is 7.32. The van der Waals surface area contributed by atoms with Crippen LogP contribution in [0.3, 0.4) is 0 Å². The number of aliphatic hydroxyl groups is 1. The third-order valence-corrected chi connectivity index (χ3v) is 3.93. The molecule has 0 heterocycles. The Morgan fingerprint density at radius 3 is 2.45 bits per heavy atom. The highest BCUT2D eigenvalue weighted by molar-refractivity contribution is 5.38. The molecule has 2 rings (SSSR count). The molecule has 1 fully saturated rings. The largest absolute Gasteiger partial charge is 0.497 e. The molecule has 1 aliphatic rings. The zero-order chi connectivity index (χ0) is 14.4. The van der Waals surface area contributed by atoms with E-state index in [1.807, 2.05) is 18.2 Å². The Hall–Kier alpha value is -1.26. The van der Waals surface area contributed by atoms with E-state index in [0.29, 0.717) is 5.92 Å². The molecule has 2 N–H and O–H groups in total. The van der Waals surface area contributed by atoms with Crippen LogP contribution in [0.1, 0.15) is 31.2 Å². The third kappa shape index (κ3) is 4.39. The lowest BCUT2D eigenvalue weighted by atomic mass is 9.87. The molecule has 0 amide bonds. The van der Waals surface area contributed by atoms with Crippen LogP contribution in [0, 0.1) is 5.92 Å². The molecule has 20 heavy (non-hydrogen) atoms. The summed E-state index contributed by atoms with van der Waals surface area (Å²) in [4.78, 5) is 0. The number of nitrogens with one attached hydrogen (secondary N) is 1. The van der Waals surface area contributed by atoms with Gasteiger partial charge in [0, 0.05) is 12.6 Å². The maximum absolute atomic E-state index is 9.67. The number of ether oxygens (including phenoxy) is 2. The summed E-state index contributed by atoms with van der Waals surface area (Å²) in [5.74, 6) is 2.22. The minimum absolute atomic E-state index is 0.104. The van der Waals surface area contributed by atoms with Gasteiger partial charge in [-0.05, 0) is 49.4 Å². The smallest absolute Gasteiger partial charge is 0.122 e. The maximum atomic E-state index is 9.67. The van der Waals surface area contributed by atoms with Gasteiger partial charge in [0.05, 0.1) is 20.3 Å². The second-order valence-corrected chi connectivity index (χ2v) is 5.54. The van der Waals surface area contributed by atoms with Gasteiger partial charge in [0.15, 0.2) is 0 Å². The molecule has 112 valence electrons. The molecular weight excluding hydrogens is 254 g/mol. The fraction of sp³-hybridized carbons (Fsp3) is 0.625. The first kappa shape index (κ1) is 15.1. The molecule has 4 heteroatoms. The lowest BCUT2D eigenvalue weighted by molar-refractivity contribution is 0.101.